The van der Waals surface area contributed by atoms with Gasteiger partial charge in [-0.1, -0.05) is 55.5 Å². The number of carbonyl (C=O) groups excluding carboxylic acids is 1. The molecule has 0 saturated carbocycles. The van der Waals surface area contributed by atoms with Crippen LogP contribution in [0.2, 0.25) is 5.02 Å². The molecule has 1 unspecified atom stereocenters. The van der Waals surface area contributed by atoms with Crippen molar-refractivity contribution in [1.82, 2.24) is 0 Å². The van der Waals surface area contributed by atoms with E-state index in [-0.39, 0.29) is 23.7 Å². The number of phenols is 1. The molecular formula is C24H23ClO5. The summed E-state index contributed by atoms with van der Waals surface area (Å²) in [5.74, 6) is 0.566. The highest BCUT2D eigenvalue weighted by atomic mass is 35.5. The molecule has 0 bridgehead atoms. The van der Waals surface area contributed by atoms with Gasteiger partial charge in [0, 0.05) is 24.5 Å². The minimum atomic E-state index is -0.468. The van der Waals surface area contributed by atoms with Crippen molar-refractivity contribution < 1.29 is 24.1 Å². The first kappa shape index (κ1) is 21.5. The van der Waals surface area contributed by atoms with Crippen LogP contribution in [0.25, 0.3) is 6.08 Å². The lowest BCUT2D eigenvalue weighted by Crippen LogP contribution is -2.10. The van der Waals surface area contributed by atoms with Crippen LogP contribution in [0, 0.1) is 0 Å². The molecule has 3 rings (SSSR count). The zero-order valence-electron chi connectivity index (χ0n) is 16.6. The molecule has 5 nitrogen and oxygen atoms in total. The summed E-state index contributed by atoms with van der Waals surface area (Å²) in [6.45, 7) is 5.55. The highest BCUT2D eigenvalue weighted by Gasteiger charge is 2.21. The Morgan fingerprint density at radius 1 is 1.27 bits per heavy atom. The summed E-state index contributed by atoms with van der Waals surface area (Å²) in [6.07, 6.45) is 6.65. The first-order chi connectivity index (χ1) is 14.5. The van der Waals surface area contributed by atoms with Crippen LogP contribution < -0.4 is 0 Å². The molecule has 6 heteroatoms. The monoisotopic (exact) mass is 426 g/mol. The molecule has 0 fully saturated rings. The number of hydrogen-bond donors (Lipinski definition) is 1. The highest BCUT2D eigenvalue weighted by molar-refractivity contribution is 6.32. The molecule has 156 valence electrons. The van der Waals surface area contributed by atoms with E-state index < -0.39 is 5.97 Å². The quantitative estimate of drug-likeness (QED) is 0.237. The van der Waals surface area contributed by atoms with Crippen molar-refractivity contribution in [3.05, 3.63) is 94.4 Å². The van der Waals surface area contributed by atoms with Gasteiger partial charge in [-0.2, -0.15) is 0 Å². The fraction of sp³-hybridized carbons (Fsp3) is 0.208. The number of hydrogen-bond acceptors (Lipinski definition) is 5. The van der Waals surface area contributed by atoms with Gasteiger partial charge in [0.1, 0.15) is 23.4 Å². The number of carbonyl (C=O) groups is 1. The number of rotatable bonds is 8. The van der Waals surface area contributed by atoms with Crippen LogP contribution >= 0.6 is 11.6 Å². The zero-order valence-corrected chi connectivity index (χ0v) is 17.4. The number of allylic oxidation sites excluding steroid dienone is 2. The van der Waals surface area contributed by atoms with Crippen molar-refractivity contribution in [2.75, 3.05) is 6.79 Å². The lowest BCUT2D eigenvalue weighted by atomic mass is 9.94. The molecule has 30 heavy (non-hydrogen) atoms. The molecule has 2 aromatic rings. The number of esters is 1. The van der Waals surface area contributed by atoms with Crippen LogP contribution in [-0.2, 0) is 14.2 Å². The van der Waals surface area contributed by atoms with E-state index in [0.29, 0.717) is 29.9 Å². The van der Waals surface area contributed by atoms with Crippen molar-refractivity contribution >= 4 is 23.6 Å². The van der Waals surface area contributed by atoms with Crippen molar-refractivity contribution in [3.8, 4) is 5.75 Å². The van der Waals surface area contributed by atoms with Gasteiger partial charge in [0.15, 0.2) is 0 Å². The average molecular weight is 427 g/mol. The third-order valence-electron chi connectivity index (χ3n) is 4.55. The normalized spacial score (nSPS) is 15.3. The Morgan fingerprint density at radius 3 is 2.77 bits per heavy atom. The van der Waals surface area contributed by atoms with E-state index in [0.717, 1.165) is 11.1 Å². The van der Waals surface area contributed by atoms with Gasteiger partial charge in [0.2, 0.25) is 6.79 Å². The lowest BCUT2D eigenvalue weighted by Gasteiger charge is -2.25. The SMILES string of the molecule is C=C(/C=C(\CC)OC1CC=Cc2cc(O)c(Cl)cc21)OCOC(=O)c1ccccc1. The number of halogens is 1. The maximum atomic E-state index is 11.9. The van der Waals surface area contributed by atoms with Gasteiger partial charge in [0.25, 0.3) is 0 Å². The summed E-state index contributed by atoms with van der Waals surface area (Å²) in [5, 5.41) is 10.1. The van der Waals surface area contributed by atoms with E-state index >= 15 is 0 Å². The van der Waals surface area contributed by atoms with E-state index in [9.17, 15) is 9.90 Å². The van der Waals surface area contributed by atoms with Crippen LogP contribution in [0.4, 0.5) is 0 Å². The Hall–Kier alpha value is -3.18. The molecule has 0 spiro atoms. The largest absolute Gasteiger partial charge is 0.506 e. The number of aromatic hydroxyl groups is 1. The van der Waals surface area contributed by atoms with E-state index in [2.05, 4.69) is 6.58 Å². The standard InChI is InChI=1S/C24H23ClO5/c1-3-19(12-16(2)28-15-29-24(27)17-8-5-4-6-9-17)30-23-11-7-10-18-13-22(26)21(25)14-20(18)23/h4-10,12-14,23,26H,2-3,11,15H2,1H3/b19-12+. The Morgan fingerprint density at radius 2 is 2.03 bits per heavy atom. The number of fused-ring (bicyclic) bond motifs is 1. The third kappa shape index (κ3) is 5.45. The fourth-order valence-electron chi connectivity index (χ4n) is 3.01. The maximum Gasteiger partial charge on any atom is 0.340 e. The lowest BCUT2D eigenvalue weighted by molar-refractivity contribution is -0.00483. The predicted octanol–water partition coefficient (Wildman–Crippen LogP) is 6.16. The van der Waals surface area contributed by atoms with Gasteiger partial charge in [0.05, 0.1) is 10.6 Å². The van der Waals surface area contributed by atoms with Crippen LogP contribution in [0.5, 0.6) is 5.75 Å². The summed E-state index contributed by atoms with van der Waals surface area (Å²) in [7, 11) is 0. The van der Waals surface area contributed by atoms with Crippen LogP contribution in [0.1, 0.15) is 47.4 Å². The molecular weight excluding hydrogens is 404 g/mol. The van der Waals surface area contributed by atoms with Gasteiger partial charge in [-0.15, -0.1) is 0 Å². The van der Waals surface area contributed by atoms with Crippen LogP contribution in [-0.4, -0.2) is 17.9 Å². The van der Waals surface area contributed by atoms with Gasteiger partial charge in [-0.3, -0.25) is 0 Å². The molecule has 0 saturated heterocycles. The first-order valence-electron chi connectivity index (χ1n) is 9.58. The second-order valence-corrected chi connectivity index (χ2v) is 7.07. The summed E-state index contributed by atoms with van der Waals surface area (Å²) < 4.78 is 16.6. The van der Waals surface area contributed by atoms with Crippen LogP contribution in [0.3, 0.4) is 0 Å². The average Bonchev–Trinajstić information content (AvgIpc) is 2.75. The molecule has 0 aromatic heterocycles. The van der Waals surface area contributed by atoms with Crippen LogP contribution in [0.15, 0.2) is 72.7 Å². The smallest absolute Gasteiger partial charge is 0.340 e. The molecule has 1 aliphatic rings. The second kappa shape index (κ2) is 10.0. The summed E-state index contributed by atoms with van der Waals surface area (Å²) in [6, 6.07) is 12.0. The summed E-state index contributed by atoms with van der Waals surface area (Å²) in [4.78, 5) is 11.9. The zero-order chi connectivity index (χ0) is 21.5. The minimum Gasteiger partial charge on any atom is -0.506 e. The molecule has 0 heterocycles. The Bertz CT molecular complexity index is 979. The molecule has 0 radical (unpaired) electrons. The minimum absolute atomic E-state index is 0.0406. The number of phenolic OH excluding ortho intramolecular Hbond substituents is 1. The van der Waals surface area contributed by atoms with E-state index in [1.54, 1.807) is 42.5 Å². The van der Waals surface area contributed by atoms with Crippen molar-refractivity contribution in [1.29, 1.82) is 0 Å². The molecule has 0 aliphatic heterocycles. The first-order valence-corrected chi connectivity index (χ1v) is 9.95. The summed E-state index contributed by atoms with van der Waals surface area (Å²) in [5.41, 5.74) is 2.23. The maximum absolute atomic E-state index is 11.9. The van der Waals surface area contributed by atoms with Crippen molar-refractivity contribution in [2.45, 2.75) is 25.9 Å². The van der Waals surface area contributed by atoms with Gasteiger partial charge in [-0.05, 0) is 29.8 Å². The molecule has 1 atom stereocenters. The second-order valence-electron chi connectivity index (χ2n) is 6.67. The van der Waals surface area contributed by atoms with Gasteiger partial charge in [-0.25, -0.2) is 4.79 Å². The van der Waals surface area contributed by atoms with Gasteiger partial charge >= 0.3 is 5.97 Å². The topological polar surface area (TPSA) is 65.0 Å². The molecule has 1 N–H and O–H groups in total. The predicted molar refractivity (Wildman–Crippen MR) is 116 cm³/mol. The Labute approximate surface area is 180 Å². The number of ether oxygens (including phenoxy) is 3. The van der Waals surface area contributed by atoms with Crippen molar-refractivity contribution in [2.24, 2.45) is 0 Å². The Kier molecular flexibility index (Phi) is 7.20. The summed E-state index contributed by atoms with van der Waals surface area (Å²) >= 11 is 6.07. The third-order valence-corrected chi connectivity index (χ3v) is 4.86. The van der Waals surface area contributed by atoms with E-state index in [1.165, 1.54) is 0 Å². The molecule has 0 amide bonds. The highest BCUT2D eigenvalue weighted by Crippen LogP contribution is 2.38. The molecule has 2 aromatic carbocycles. The molecule has 1 aliphatic carbocycles. The Balaban J connectivity index is 1.58. The number of benzene rings is 2. The fourth-order valence-corrected chi connectivity index (χ4v) is 3.19. The van der Waals surface area contributed by atoms with E-state index in [4.69, 9.17) is 25.8 Å². The van der Waals surface area contributed by atoms with Gasteiger partial charge < -0.3 is 19.3 Å². The van der Waals surface area contributed by atoms with E-state index in [1.807, 2.05) is 25.1 Å². The van der Waals surface area contributed by atoms with Crippen molar-refractivity contribution in [3.63, 3.8) is 0 Å².